The summed E-state index contributed by atoms with van der Waals surface area (Å²) in [5.41, 5.74) is 0. The van der Waals surface area contributed by atoms with Gasteiger partial charge in [-0.25, -0.2) is 4.79 Å². The van der Waals surface area contributed by atoms with E-state index in [4.69, 9.17) is 4.74 Å². The van der Waals surface area contributed by atoms with Crippen molar-refractivity contribution in [3.05, 3.63) is 72.9 Å². The number of esters is 1. The van der Waals surface area contributed by atoms with Gasteiger partial charge in [0.1, 0.15) is 6.10 Å². The van der Waals surface area contributed by atoms with Gasteiger partial charge in [0.15, 0.2) is 0 Å². The van der Waals surface area contributed by atoms with Gasteiger partial charge in [-0.3, -0.25) is 0 Å². The Labute approximate surface area is 274 Å². The number of rotatable bonds is 2. The minimum absolute atomic E-state index is 0.0475. The summed E-state index contributed by atoms with van der Waals surface area (Å²) < 4.78 is 5.73. The first kappa shape index (κ1) is 41.6. The first-order valence-electron chi connectivity index (χ1n) is 16.5. The van der Waals surface area contributed by atoms with Crippen molar-refractivity contribution < 1.29 is 50.4 Å². The second-order valence-corrected chi connectivity index (χ2v) is 12.5. The second-order valence-electron chi connectivity index (χ2n) is 12.5. The zero-order valence-corrected chi connectivity index (χ0v) is 27.5. The molecule has 10 nitrogen and oxygen atoms in total. The molecule has 10 heteroatoms. The molecule has 8 N–H and O–H groups in total. The molecule has 0 amide bonds. The summed E-state index contributed by atoms with van der Waals surface area (Å²) in [7, 11) is 0. The lowest BCUT2D eigenvalue weighted by Crippen LogP contribution is -2.30. The maximum absolute atomic E-state index is 12.5. The molecule has 262 valence electrons. The summed E-state index contributed by atoms with van der Waals surface area (Å²) in [5, 5.41) is 82.6. The van der Waals surface area contributed by atoms with Crippen LogP contribution in [0, 0.1) is 11.8 Å². The summed E-state index contributed by atoms with van der Waals surface area (Å²) in [6.07, 6.45) is 12.3. The van der Waals surface area contributed by atoms with Crippen molar-refractivity contribution in [1.82, 2.24) is 0 Å². The van der Waals surface area contributed by atoms with Crippen LogP contribution in [0.3, 0.4) is 0 Å². The molecule has 0 bridgehead atoms. The van der Waals surface area contributed by atoms with Crippen LogP contribution in [0.1, 0.15) is 78.6 Å². The average molecular weight is 651 g/mol. The minimum Gasteiger partial charge on any atom is -0.458 e. The third kappa shape index (κ3) is 20.0. The van der Waals surface area contributed by atoms with E-state index in [1.165, 1.54) is 12.2 Å². The van der Waals surface area contributed by atoms with E-state index in [9.17, 15) is 45.6 Å². The molecule has 1 aliphatic rings. The van der Waals surface area contributed by atoms with Gasteiger partial charge in [0.05, 0.1) is 48.8 Å². The smallest absolute Gasteiger partial charge is 0.331 e. The summed E-state index contributed by atoms with van der Waals surface area (Å²) >= 11 is 0. The van der Waals surface area contributed by atoms with Crippen molar-refractivity contribution in [2.75, 3.05) is 0 Å². The van der Waals surface area contributed by atoms with Gasteiger partial charge in [-0.1, -0.05) is 94.0 Å². The predicted octanol–water partition coefficient (Wildman–Crippen LogP) is 2.94. The Morgan fingerprint density at radius 2 is 1.04 bits per heavy atom. The molecule has 0 fully saturated rings. The van der Waals surface area contributed by atoms with E-state index in [1.54, 1.807) is 60.8 Å². The van der Waals surface area contributed by atoms with Gasteiger partial charge in [0, 0.05) is 18.4 Å². The summed E-state index contributed by atoms with van der Waals surface area (Å²) in [4.78, 5) is 12.5. The Hall–Kier alpha value is -2.41. The molecule has 0 aromatic heterocycles. The molecule has 11 atom stereocenters. The molecule has 1 aliphatic heterocycles. The fourth-order valence-electron chi connectivity index (χ4n) is 5.31. The maximum Gasteiger partial charge on any atom is 0.331 e. The third-order valence-electron chi connectivity index (χ3n) is 7.94. The highest BCUT2D eigenvalue weighted by Crippen LogP contribution is 2.22. The molecular formula is C36H58O10. The molecule has 1 rings (SSSR count). The van der Waals surface area contributed by atoms with E-state index >= 15 is 0 Å². The second kappa shape index (κ2) is 23.8. The highest BCUT2D eigenvalue weighted by atomic mass is 16.5. The molecule has 11 unspecified atom stereocenters. The number of carbonyl (C=O) groups excluding carboxylic acids is 1. The van der Waals surface area contributed by atoms with Gasteiger partial charge in [-0.2, -0.15) is 0 Å². The molecule has 0 saturated carbocycles. The van der Waals surface area contributed by atoms with Crippen LogP contribution >= 0.6 is 0 Å². The van der Waals surface area contributed by atoms with E-state index in [0.717, 1.165) is 6.42 Å². The van der Waals surface area contributed by atoms with Crippen molar-refractivity contribution in [1.29, 1.82) is 0 Å². The Morgan fingerprint density at radius 1 is 0.630 bits per heavy atom. The largest absolute Gasteiger partial charge is 0.458 e. The monoisotopic (exact) mass is 650 g/mol. The lowest BCUT2D eigenvalue weighted by molar-refractivity contribution is -0.147. The summed E-state index contributed by atoms with van der Waals surface area (Å²) in [6, 6.07) is 0. The average Bonchev–Trinajstić information content (AvgIpc) is 2.95. The van der Waals surface area contributed by atoms with Gasteiger partial charge < -0.3 is 45.6 Å². The number of aliphatic hydroxyl groups is 8. The van der Waals surface area contributed by atoms with Crippen LogP contribution in [0.25, 0.3) is 0 Å². The van der Waals surface area contributed by atoms with Crippen LogP contribution < -0.4 is 0 Å². The molecule has 0 aromatic carbocycles. The number of allylic oxidation sites excluding steroid dienone is 8. The van der Waals surface area contributed by atoms with E-state index in [-0.39, 0.29) is 56.8 Å². The first-order valence-corrected chi connectivity index (χ1v) is 16.5. The number of hydrogen-bond acceptors (Lipinski definition) is 10. The number of aliphatic hydroxyl groups excluding tert-OH is 8. The fraction of sp³-hybridized carbons (Fsp3) is 0.639. The van der Waals surface area contributed by atoms with Crippen molar-refractivity contribution in [3.63, 3.8) is 0 Å². The van der Waals surface area contributed by atoms with Crippen LogP contribution in [0.5, 0.6) is 0 Å². The quantitative estimate of drug-likeness (QED) is 0.163. The SMILES string of the molecule is CCC(C)C1OC(=O)\C=C/C=C/C=C/C=C/C=C/CC(O)CC(O)CC(O)CC(O)CC(O)CC(O)CC(O)CC(O)/C=C/C1C. The van der Waals surface area contributed by atoms with Crippen LogP contribution in [-0.4, -0.2) is 102 Å². The van der Waals surface area contributed by atoms with E-state index in [2.05, 4.69) is 0 Å². The summed E-state index contributed by atoms with van der Waals surface area (Å²) in [6.45, 7) is 5.87. The van der Waals surface area contributed by atoms with Crippen molar-refractivity contribution >= 4 is 5.97 Å². The molecule has 46 heavy (non-hydrogen) atoms. The molecule has 0 aromatic rings. The van der Waals surface area contributed by atoms with E-state index < -0.39 is 60.9 Å². The zero-order valence-electron chi connectivity index (χ0n) is 27.5. The number of ether oxygens (including phenoxy) is 1. The first-order chi connectivity index (χ1) is 21.8. The normalized spacial score (nSPS) is 39.3. The van der Waals surface area contributed by atoms with Crippen molar-refractivity contribution in [2.45, 2.75) is 133 Å². The van der Waals surface area contributed by atoms with Gasteiger partial charge in [-0.15, -0.1) is 0 Å². The van der Waals surface area contributed by atoms with Gasteiger partial charge in [-0.05, 0) is 50.9 Å². The van der Waals surface area contributed by atoms with Crippen molar-refractivity contribution in [2.24, 2.45) is 11.8 Å². The molecule has 0 radical (unpaired) electrons. The zero-order chi connectivity index (χ0) is 34.5. The lowest BCUT2D eigenvalue weighted by Gasteiger charge is -2.27. The highest BCUT2D eigenvalue weighted by molar-refractivity contribution is 5.82. The topological polar surface area (TPSA) is 188 Å². The molecular weight excluding hydrogens is 592 g/mol. The fourth-order valence-corrected chi connectivity index (χ4v) is 5.31. The Bertz CT molecular complexity index is 1000. The Morgan fingerprint density at radius 3 is 1.52 bits per heavy atom. The third-order valence-corrected chi connectivity index (χ3v) is 7.94. The Balaban J connectivity index is 2.97. The predicted molar refractivity (Wildman–Crippen MR) is 178 cm³/mol. The Kier molecular flexibility index (Phi) is 21.6. The molecule has 0 saturated heterocycles. The van der Waals surface area contributed by atoms with Crippen LogP contribution in [-0.2, 0) is 9.53 Å². The highest BCUT2D eigenvalue weighted by Gasteiger charge is 2.26. The maximum atomic E-state index is 12.5. The number of hydrogen-bond donors (Lipinski definition) is 8. The van der Waals surface area contributed by atoms with Gasteiger partial charge in [0.25, 0.3) is 0 Å². The molecule has 0 spiro atoms. The van der Waals surface area contributed by atoms with Crippen LogP contribution in [0.4, 0.5) is 0 Å². The number of cyclic esters (lactones) is 1. The van der Waals surface area contributed by atoms with Crippen LogP contribution in [0.15, 0.2) is 72.9 Å². The van der Waals surface area contributed by atoms with E-state index in [1.807, 2.05) is 20.8 Å². The summed E-state index contributed by atoms with van der Waals surface area (Å²) in [5.74, 6) is -0.648. The minimum atomic E-state index is -1.10. The van der Waals surface area contributed by atoms with Crippen LogP contribution in [0.2, 0.25) is 0 Å². The molecule has 0 aliphatic carbocycles. The van der Waals surface area contributed by atoms with Gasteiger partial charge in [0.2, 0.25) is 0 Å². The number of carbonyl (C=O) groups is 1. The van der Waals surface area contributed by atoms with Crippen molar-refractivity contribution in [3.8, 4) is 0 Å². The standard InChI is InChI=1S/C36H58O10/c1-4-25(2)36-26(3)16-17-28(38)19-30(40)21-32(42)23-34(44)24-33(43)22-31(41)20-29(39)18-27(37)14-12-10-8-6-5-7-9-11-13-15-35(45)46-36/h5-13,15-17,25-34,36-44H,4,14,18-24H2,1-3H3/b7-5+,8-6+,11-9+,12-10+,15-13-,17-16+. The lowest BCUT2D eigenvalue weighted by atomic mass is 9.90. The molecule has 1 heterocycles. The van der Waals surface area contributed by atoms with Gasteiger partial charge >= 0.3 is 5.97 Å². The van der Waals surface area contributed by atoms with E-state index in [0.29, 0.717) is 6.42 Å².